The van der Waals surface area contributed by atoms with Crippen LogP contribution in [0.1, 0.15) is 22.5 Å². The molecule has 6 nitrogen and oxygen atoms in total. The van der Waals surface area contributed by atoms with Crippen molar-refractivity contribution < 1.29 is 19.0 Å². The summed E-state index contributed by atoms with van der Waals surface area (Å²) in [5.41, 5.74) is 3.86. The van der Waals surface area contributed by atoms with Gasteiger partial charge in [-0.2, -0.15) is 0 Å². The Morgan fingerprint density at radius 2 is 1.93 bits per heavy atom. The molecule has 0 unspecified atom stereocenters. The highest BCUT2D eigenvalue weighted by molar-refractivity contribution is 7.07. The summed E-state index contributed by atoms with van der Waals surface area (Å²) >= 11 is 1.53. The molecule has 1 aliphatic rings. The Labute approximate surface area is 160 Å². The normalized spacial score (nSPS) is 12.9. The third-order valence-corrected chi connectivity index (χ3v) is 4.63. The zero-order valence-electron chi connectivity index (χ0n) is 14.5. The lowest BCUT2D eigenvalue weighted by molar-refractivity contribution is 0.102. The van der Waals surface area contributed by atoms with Gasteiger partial charge in [-0.1, -0.05) is 0 Å². The lowest BCUT2D eigenvalue weighted by Crippen LogP contribution is -2.12. The number of carbonyl (C=O) groups is 1. The number of anilines is 1. The van der Waals surface area contributed by atoms with Crippen molar-refractivity contribution in [3.8, 4) is 17.2 Å². The second kappa shape index (κ2) is 8.09. The van der Waals surface area contributed by atoms with Gasteiger partial charge < -0.3 is 19.5 Å². The second-order valence-corrected chi connectivity index (χ2v) is 6.68. The number of benzene rings is 2. The number of ether oxygens (including phenoxy) is 3. The maximum Gasteiger partial charge on any atom is 0.255 e. The van der Waals surface area contributed by atoms with Gasteiger partial charge in [0.1, 0.15) is 12.4 Å². The Hall–Kier alpha value is -3.06. The third kappa shape index (κ3) is 4.38. The van der Waals surface area contributed by atoms with Gasteiger partial charge in [0.25, 0.3) is 5.91 Å². The number of fused-ring (bicyclic) bond motifs is 1. The molecule has 2 heterocycles. The first-order valence-electron chi connectivity index (χ1n) is 8.59. The van der Waals surface area contributed by atoms with Crippen molar-refractivity contribution in [2.24, 2.45) is 0 Å². The van der Waals surface area contributed by atoms with Gasteiger partial charge in [0.15, 0.2) is 11.5 Å². The van der Waals surface area contributed by atoms with Crippen molar-refractivity contribution in [1.29, 1.82) is 0 Å². The highest BCUT2D eigenvalue weighted by Gasteiger charge is 2.13. The zero-order valence-corrected chi connectivity index (χ0v) is 15.3. The Kier molecular flexibility index (Phi) is 5.20. The highest BCUT2D eigenvalue weighted by atomic mass is 32.1. The molecule has 138 valence electrons. The van der Waals surface area contributed by atoms with Gasteiger partial charge in [0, 0.05) is 29.1 Å². The molecule has 0 aliphatic carbocycles. The van der Waals surface area contributed by atoms with Crippen LogP contribution < -0.4 is 19.5 Å². The lowest BCUT2D eigenvalue weighted by Gasteiger charge is -2.11. The molecule has 1 N–H and O–H groups in total. The zero-order chi connectivity index (χ0) is 18.5. The van der Waals surface area contributed by atoms with Gasteiger partial charge >= 0.3 is 0 Å². The van der Waals surface area contributed by atoms with Gasteiger partial charge in [-0.05, 0) is 36.4 Å². The molecule has 0 bridgehead atoms. The van der Waals surface area contributed by atoms with Gasteiger partial charge in [-0.3, -0.25) is 4.79 Å². The molecule has 0 spiro atoms. The van der Waals surface area contributed by atoms with E-state index in [-0.39, 0.29) is 5.91 Å². The van der Waals surface area contributed by atoms with E-state index in [2.05, 4.69) is 10.3 Å². The number of thiazole rings is 1. The van der Waals surface area contributed by atoms with E-state index in [9.17, 15) is 4.79 Å². The van der Waals surface area contributed by atoms with E-state index in [1.807, 2.05) is 11.4 Å². The van der Waals surface area contributed by atoms with Gasteiger partial charge in [-0.15, -0.1) is 11.3 Å². The number of amides is 1. The summed E-state index contributed by atoms with van der Waals surface area (Å²) in [7, 11) is 0. The third-order valence-electron chi connectivity index (χ3n) is 3.99. The molecule has 0 atom stereocenters. The summed E-state index contributed by atoms with van der Waals surface area (Å²) in [4.78, 5) is 16.6. The number of carbonyl (C=O) groups excluding carboxylic acids is 1. The minimum Gasteiger partial charge on any atom is -0.490 e. The van der Waals surface area contributed by atoms with Crippen LogP contribution in [0.2, 0.25) is 0 Å². The van der Waals surface area contributed by atoms with Crippen LogP contribution >= 0.6 is 11.3 Å². The van der Waals surface area contributed by atoms with Gasteiger partial charge in [0.2, 0.25) is 0 Å². The van der Waals surface area contributed by atoms with E-state index in [1.165, 1.54) is 11.3 Å². The first-order valence-corrected chi connectivity index (χ1v) is 9.53. The summed E-state index contributed by atoms with van der Waals surface area (Å²) in [6, 6.07) is 12.4. The predicted molar refractivity (Wildman–Crippen MR) is 103 cm³/mol. The number of rotatable bonds is 5. The number of hydrogen-bond acceptors (Lipinski definition) is 6. The van der Waals surface area contributed by atoms with Crippen LogP contribution in [0.3, 0.4) is 0 Å². The quantitative estimate of drug-likeness (QED) is 0.718. The minimum absolute atomic E-state index is 0.199. The molecule has 0 saturated carbocycles. The fourth-order valence-electron chi connectivity index (χ4n) is 2.61. The molecule has 0 radical (unpaired) electrons. The molecule has 0 saturated heterocycles. The molecule has 7 heteroatoms. The lowest BCUT2D eigenvalue weighted by atomic mass is 10.2. The SMILES string of the molecule is O=C(Nc1ccc2c(c1)OCCCO2)c1ccc(OCc2cscn2)cc1. The van der Waals surface area contributed by atoms with E-state index in [4.69, 9.17) is 14.2 Å². The average Bonchev–Trinajstić information content (AvgIpc) is 3.11. The monoisotopic (exact) mass is 382 g/mol. The van der Waals surface area contributed by atoms with Crippen molar-refractivity contribution in [2.45, 2.75) is 13.0 Å². The van der Waals surface area contributed by atoms with E-state index >= 15 is 0 Å². The molecular formula is C20H18N2O4S. The highest BCUT2D eigenvalue weighted by Crippen LogP contribution is 2.32. The van der Waals surface area contributed by atoms with Crippen LogP contribution in [0.5, 0.6) is 17.2 Å². The number of hydrogen-bond donors (Lipinski definition) is 1. The first kappa shape index (κ1) is 17.4. The smallest absolute Gasteiger partial charge is 0.255 e. The maximum absolute atomic E-state index is 12.5. The average molecular weight is 382 g/mol. The van der Waals surface area contributed by atoms with Gasteiger partial charge in [0.05, 0.1) is 24.4 Å². The Balaban J connectivity index is 1.38. The Bertz CT molecular complexity index is 910. The molecule has 27 heavy (non-hydrogen) atoms. The number of nitrogens with zero attached hydrogens (tertiary/aromatic N) is 1. The molecular weight excluding hydrogens is 364 g/mol. The Morgan fingerprint density at radius 1 is 1.11 bits per heavy atom. The van der Waals surface area contributed by atoms with Crippen molar-refractivity contribution in [3.05, 3.63) is 64.6 Å². The van der Waals surface area contributed by atoms with E-state index in [0.717, 1.165) is 12.1 Å². The molecule has 1 aliphatic heterocycles. The van der Waals surface area contributed by atoms with Crippen LogP contribution in [0, 0.1) is 0 Å². The molecule has 2 aromatic carbocycles. The predicted octanol–water partition coefficient (Wildman–Crippen LogP) is 4.14. The fraction of sp³-hybridized carbons (Fsp3) is 0.200. The minimum atomic E-state index is -0.199. The van der Waals surface area contributed by atoms with E-state index < -0.39 is 0 Å². The van der Waals surface area contributed by atoms with Crippen molar-refractivity contribution in [3.63, 3.8) is 0 Å². The first-order chi connectivity index (χ1) is 13.3. The van der Waals surface area contributed by atoms with Crippen LogP contribution in [0.4, 0.5) is 5.69 Å². The largest absolute Gasteiger partial charge is 0.490 e. The number of aromatic nitrogens is 1. The van der Waals surface area contributed by atoms with Crippen molar-refractivity contribution in [1.82, 2.24) is 4.98 Å². The van der Waals surface area contributed by atoms with E-state index in [0.29, 0.717) is 48.3 Å². The fourth-order valence-corrected chi connectivity index (χ4v) is 3.16. The summed E-state index contributed by atoms with van der Waals surface area (Å²) < 4.78 is 16.9. The van der Waals surface area contributed by atoms with Crippen LogP contribution in [0.25, 0.3) is 0 Å². The molecule has 4 rings (SSSR count). The standard InChI is InChI=1S/C20H18N2O4S/c23-20(22-15-4-7-18-19(10-15)25-9-1-8-24-18)14-2-5-17(6-3-14)26-11-16-12-27-13-21-16/h2-7,10,12-13H,1,8-9,11H2,(H,22,23). The van der Waals surface area contributed by atoms with Crippen LogP contribution in [0.15, 0.2) is 53.4 Å². The summed E-state index contributed by atoms with van der Waals surface area (Å²) in [6.45, 7) is 1.65. The topological polar surface area (TPSA) is 69.7 Å². The van der Waals surface area contributed by atoms with Crippen LogP contribution in [-0.2, 0) is 6.61 Å². The van der Waals surface area contributed by atoms with Crippen molar-refractivity contribution in [2.75, 3.05) is 18.5 Å². The molecule has 1 aromatic heterocycles. The number of nitrogens with one attached hydrogen (secondary N) is 1. The van der Waals surface area contributed by atoms with E-state index in [1.54, 1.807) is 41.9 Å². The molecule has 3 aromatic rings. The second-order valence-electron chi connectivity index (χ2n) is 5.96. The summed E-state index contributed by atoms with van der Waals surface area (Å²) in [5.74, 6) is 1.84. The Morgan fingerprint density at radius 3 is 2.70 bits per heavy atom. The summed E-state index contributed by atoms with van der Waals surface area (Å²) in [5, 5.41) is 4.82. The maximum atomic E-state index is 12.5. The van der Waals surface area contributed by atoms with Crippen molar-refractivity contribution >= 4 is 22.9 Å². The summed E-state index contributed by atoms with van der Waals surface area (Å²) in [6.07, 6.45) is 0.841. The molecule has 0 fully saturated rings. The molecule has 1 amide bonds. The van der Waals surface area contributed by atoms with Crippen LogP contribution in [-0.4, -0.2) is 24.1 Å². The van der Waals surface area contributed by atoms with Gasteiger partial charge in [-0.25, -0.2) is 4.98 Å².